The molecule has 0 aliphatic rings. The fraction of sp³-hybridized carbons (Fsp3) is 0.125. The van der Waals surface area contributed by atoms with Crippen LogP contribution in [0, 0.1) is 0 Å². The lowest BCUT2D eigenvalue weighted by Gasteiger charge is -2.14. The van der Waals surface area contributed by atoms with E-state index < -0.39 is 10.0 Å². The van der Waals surface area contributed by atoms with Gasteiger partial charge in [-0.1, -0.05) is 40.2 Å². The first-order valence-electron chi connectivity index (χ1n) is 7.06. The van der Waals surface area contributed by atoms with Gasteiger partial charge in [-0.05, 0) is 30.3 Å². The van der Waals surface area contributed by atoms with Crippen LogP contribution in [0.1, 0.15) is 5.89 Å². The maximum atomic E-state index is 12.5. The quantitative estimate of drug-likeness (QED) is 0.648. The van der Waals surface area contributed by atoms with Crippen LogP contribution in [0.25, 0.3) is 11.5 Å². The Kier molecular flexibility index (Phi) is 4.79. The fourth-order valence-corrected chi connectivity index (χ4v) is 3.64. The Hall–Kier alpha value is -2.03. The van der Waals surface area contributed by atoms with Gasteiger partial charge in [0, 0.05) is 17.1 Å². The van der Waals surface area contributed by atoms with Crippen molar-refractivity contribution in [2.24, 2.45) is 0 Å². The molecule has 0 saturated carbocycles. The molecule has 0 unspecified atom stereocenters. The summed E-state index contributed by atoms with van der Waals surface area (Å²) in [5.74, 6) is 0.573. The van der Waals surface area contributed by atoms with Gasteiger partial charge in [-0.2, -0.15) is 4.31 Å². The van der Waals surface area contributed by atoms with Gasteiger partial charge in [-0.15, -0.1) is 10.2 Å². The molecule has 124 valence electrons. The maximum Gasteiger partial charge on any atom is 0.247 e. The number of hydrogen-bond donors (Lipinski definition) is 0. The van der Waals surface area contributed by atoms with Crippen LogP contribution in [0.3, 0.4) is 0 Å². The molecule has 0 spiro atoms. The van der Waals surface area contributed by atoms with Gasteiger partial charge in [0.1, 0.15) is 0 Å². The normalized spacial score (nSPS) is 11.8. The molecule has 6 nitrogen and oxygen atoms in total. The summed E-state index contributed by atoms with van der Waals surface area (Å²) in [6, 6.07) is 15.7. The SMILES string of the molecule is CN(Cc1nnc(-c2cccc(Br)c2)o1)S(=O)(=O)c1ccccc1. The van der Waals surface area contributed by atoms with Crippen molar-refractivity contribution in [3.63, 3.8) is 0 Å². The molecule has 0 atom stereocenters. The van der Waals surface area contributed by atoms with Crippen LogP contribution in [0.15, 0.2) is 68.4 Å². The molecule has 0 radical (unpaired) electrons. The highest BCUT2D eigenvalue weighted by atomic mass is 79.9. The molecule has 2 aromatic carbocycles. The molecule has 1 aromatic heterocycles. The first kappa shape index (κ1) is 16.8. The second-order valence-electron chi connectivity index (χ2n) is 5.09. The van der Waals surface area contributed by atoms with Gasteiger partial charge in [0.05, 0.1) is 11.4 Å². The van der Waals surface area contributed by atoms with Gasteiger partial charge < -0.3 is 4.42 Å². The molecule has 3 aromatic rings. The Labute approximate surface area is 148 Å². The number of benzene rings is 2. The Morgan fingerprint density at radius 3 is 2.54 bits per heavy atom. The van der Waals surface area contributed by atoms with E-state index >= 15 is 0 Å². The van der Waals surface area contributed by atoms with Crippen molar-refractivity contribution in [2.45, 2.75) is 11.4 Å². The lowest BCUT2D eigenvalue weighted by molar-refractivity contribution is 0.400. The van der Waals surface area contributed by atoms with E-state index in [4.69, 9.17) is 4.42 Å². The van der Waals surface area contributed by atoms with Gasteiger partial charge in [0.15, 0.2) is 0 Å². The highest BCUT2D eigenvalue weighted by Gasteiger charge is 2.22. The van der Waals surface area contributed by atoms with E-state index in [1.807, 2.05) is 24.3 Å². The highest BCUT2D eigenvalue weighted by molar-refractivity contribution is 9.10. The summed E-state index contributed by atoms with van der Waals surface area (Å²) in [5, 5.41) is 7.91. The van der Waals surface area contributed by atoms with Gasteiger partial charge in [-0.25, -0.2) is 8.42 Å². The largest absolute Gasteiger partial charge is 0.419 e. The van der Waals surface area contributed by atoms with Crippen LogP contribution in [-0.4, -0.2) is 30.0 Å². The van der Waals surface area contributed by atoms with Gasteiger partial charge >= 0.3 is 0 Å². The lowest BCUT2D eigenvalue weighted by Crippen LogP contribution is -2.26. The first-order valence-corrected chi connectivity index (χ1v) is 9.30. The summed E-state index contributed by atoms with van der Waals surface area (Å²) in [7, 11) is -2.12. The van der Waals surface area contributed by atoms with Crippen molar-refractivity contribution in [1.82, 2.24) is 14.5 Å². The summed E-state index contributed by atoms with van der Waals surface area (Å²) in [6.45, 7) is -0.00176. The second-order valence-corrected chi connectivity index (χ2v) is 8.05. The van der Waals surface area contributed by atoms with Crippen molar-refractivity contribution >= 4 is 26.0 Å². The zero-order valence-electron chi connectivity index (χ0n) is 12.8. The Bertz CT molecular complexity index is 942. The van der Waals surface area contributed by atoms with Crippen molar-refractivity contribution in [3.05, 3.63) is 65.0 Å². The van der Waals surface area contributed by atoms with Gasteiger partial charge in [0.25, 0.3) is 0 Å². The Balaban J connectivity index is 1.80. The van der Waals surface area contributed by atoms with E-state index in [1.165, 1.54) is 11.4 Å². The molecule has 8 heteroatoms. The van der Waals surface area contributed by atoms with Crippen molar-refractivity contribution in [2.75, 3.05) is 7.05 Å². The summed E-state index contributed by atoms with van der Waals surface area (Å²) >= 11 is 3.38. The Morgan fingerprint density at radius 2 is 1.83 bits per heavy atom. The predicted molar refractivity (Wildman–Crippen MR) is 92.5 cm³/mol. The van der Waals surface area contributed by atoms with Crippen LogP contribution in [-0.2, 0) is 16.6 Å². The van der Waals surface area contributed by atoms with Crippen LogP contribution in [0.2, 0.25) is 0 Å². The molecule has 0 saturated heterocycles. The summed E-state index contributed by atoms with van der Waals surface area (Å²) in [5.41, 5.74) is 0.761. The van der Waals surface area contributed by atoms with Crippen LogP contribution in [0.5, 0.6) is 0 Å². The molecule has 3 rings (SSSR count). The number of nitrogens with zero attached hydrogens (tertiary/aromatic N) is 3. The van der Waals surface area contributed by atoms with Crippen LogP contribution in [0.4, 0.5) is 0 Å². The molecule has 0 aliphatic heterocycles. The molecular formula is C16H14BrN3O3S. The average molecular weight is 408 g/mol. The number of halogens is 1. The minimum absolute atomic E-state index is 0.00176. The monoisotopic (exact) mass is 407 g/mol. The van der Waals surface area contributed by atoms with Crippen molar-refractivity contribution in [3.8, 4) is 11.5 Å². The number of sulfonamides is 1. The zero-order valence-corrected chi connectivity index (χ0v) is 15.2. The standard InChI is InChI=1S/C16H14BrN3O3S/c1-20(24(21,22)14-8-3-2-4-9-14)11-15-18-19-16(23-15)12-6-5-7-13(17)10-12/h2-10H,11H2,1H3. The first-order chi connectivity index (χ1) is 11.5. The predicted octanol–water partition coefficient (Wildman–Crippen LogP) is 3.32. The number of hydrogen-bond acceptors (Lipinski definition) is 5. The third-order valence-electron chi connectivity index (χ3n) is 3.35. The zero-order chi connectivity index (χ0) is 17.2. The summed E-state index contributed by atoms with van der Waals surface area (Å²) in [6.07, 6.45) is 0. The number of rotatable bonds is 5. The van der Waals surface area contributed by atoms with Crippen molar-refractivity contribution in [1.29, 1.82) is 0 Å². The molecule has 0 amide bonds. The van der Waals surface area contributed by atoms with E-state index in [9.17, 15) is 8.42 Å². The van der Waals surface area contributed by atoms with E-state index in [0.29, 0.717) is 5.89 Å². The molecule has 0 bridgehead atoms. The molecule has 0 fully saturated rings. The van der Waals surface area contributed by atoms with Crippen molar-refractivity contribution < 1.29 is 12.8 Å². The average Bonchev–Trinajstić information content (AvgIpc) is 3.04. The van der Waals surface area contributed by atoms with E-state index in [1.54, 1.807) is 30.3 Å². The highest BCUT2D eigenvalue weighted by Crippen LogP contribution is 2.23. The van der Waals surface area contributed by atoms with E-state index in [2.05, 4.69) is 26.1 Å². The third kappa shape index (κ3) is 3.55. The molecule has 24 heavy (non-hydrogen) atoms. The molecular weight excluding hydrogens is 394 g/mol. The lowest BCUT2D eigenvalue weighted by atomic mass is 10.2. The van der Waals surface area contributed by atoms with Crippen LogP contribution < -0.4 is 0 Å². The minimum Gasteiger partial charge on any atom is -0.419 e. The second kappa shape index (κ2) is 6.84. The van der Waals surface area contributed by atoms with E-state index in [0.717, 1.165) is 10.0 Å². The van der Waals surface area contributed by atoms with E-state index in [-0.39, 0.29) is 17.3 Å². The molecule has 0 aliphatic carbocycles. The number of aromatic nitrogens is 2. The van der Waals surface area contributed by atoms with Crippen LogP contribution >= 0.6 is 15.9 Å². The van der Waals surface area contributed by atoms with Gasteiger partial charge in [-0.3, -0.25) is 0 Å². The summed E-state index contributed by atoms with van der Waals surface area (Å²) in [4.78, 5) is 0.222. The summed E-state index contributed by atoms with van der Waals surface area (Å²) < 4.78 is 32.6. The van der Waals surface area contributed by atoms with Gasteiger partial charge in [0.2, 0.25) is 21.8 Å². The minimum atomic E-state index is -3.60. The third-order valence-corrected chi connectivity index (χ3v) is 5.66. The smallest absolute Gasteiger partial charge is 0.247 e. The Morgan fingerprint density at radius 1 is 1.08 bits per heavy atom. The maximum absolute atomic E-state index is 12.5. The topological polar surface area (TPSA) is 76.3 Å². The molecule has 1 heterocycles. The molecule has 0 N–H and O–H groups in total. The fourth-order valence-electron chi connectivity index (χ4n) is 2.10.